The van der Waals surface area contributed by atoms with Crippen LogP contribution in [0.25, 0.3) is 22.4 Å². The van der Waals surface area contributed by atoms with Crippen molar-refractivity contribution in [2.24, 2.45) is 11.7 Å². The minimum Gasteiger partial charge on any atom is -0.396 e. The molecule has 2 amide bonds. The van der Waals surface area contributed by atoms with E-state index in [-0.39, 0.29) is 24.5 Å². The first-order chi connectivity index (χ1) is 19.7. The van der Waals surface area contributed by atoms with Crippen LogP contribution in [0.5, 0.6) is 0 Å². The summed E-state index contributed by atoms with van der Waals surface area (Å²) in [6.45, 7) is 3.75. The summed E-state index contributed by atoms with van der Waals surface area (Å²) in [4.78, 5) is 31.3. The minimum absolute atomic E-state index is 0.00891. The number of aromatic nitrogens is 1. The molecule has 1 aromatic heterocycles. The van der Waals surface area contributed by atoms with E-state index in [1.54, 1.807) is 13.1 Å². The van der Waals surface area contributed by atoms with Gasteiger partial charge in [-0.05, 0) is 61.6 Å². The second kappa shape index (κ2) is 13.9. The molecule has 0 spiro atoms. The Morgan fingerprint density at radius 3 is 2.32 bits per heavy atom. The summed E-state index contributed by atoms with van der Waals surface area (Å²) in [5.41, 5.74) is 11.5. The largest absolute Gasteiger partial charge is 0.396 e. The van der Waals surface area contributed by atoms with E-state index in [9.17, 15) is 14.7 Å². The SMILES string of the molecule is CCC[C@@](N)(CCO)c1ccc(-c2ncc(NC(=O)C[C@H]3CC[C@H](N(C)C(C)=O)CC3)cc2-c2ccccc2)cc1. The number of rotatable bonds is 11. The predicted molar refractivity (Wildman–Crippen MR) is 165 cm³/mol. The van der Waals surface area contributed by atoms with Gasteiger partial charge in [-0.15, -0.1) is 0 Å². The van der Waals surface area contributed by atoms with Gasteiger partial charge in [0.1, 0.15) is 0 Å². The molecule has 2 aromatic carbocycles. The van der Waals surface area contributed by atoms with Crippen LogP contribution in [-0.2, 0) is 15.1 Å². The molecule has 218 valence electrons. The number of nitrogens with one attached hydrogen (secondary N) is 1. The van der Waals surface area contributed by atoms with Gasteiger partial charge in [0.25, 0.3) is 0 Å². The van der Waals surface area contributed by atoms with Crippen LogP contribution < -0.4 is 11.1 Å². The van der Waals surface area contributed by atoms with Gasteiger partial charge in [-0.1, -0.05) is 67.9 Å². The Hall–Kier alpha value is -3.55. The summed E-state index contributed by atoms with van der Waals surface area (Å²) < 4.78 is 0. The summed E-state index contributed by atoms with van der Waals surface area (Å²) in [5, 5.41) is 12.7. The molecule has 1 aliphatic rings. The Bertz CT molecular complexity index is 1300. The van der Waals surface area contributed by atoms with E-state index in [1.807, 2.05) is 72.6 Å². The van der Waals surface area contributed by atoms with Crippen molar-refractivity contribution in [2.45, 2.75) is 76.8 Å². The fraction of sp³-hybridized carbons (Fsp3) is 0.441. The highest BCUT2D eigenvalue weighted by molar-refractivity contribution is 5.93. The summed E-state index contributed by atoms with van der Waals surface area (Å²) >= 11 is 0. The minimum atomic E-state index is -0.561. The average molecular weight is 557 g/mol. The number of pyridine rings is 1. The number of carbonyl (C=O) groups excluding carboxylic acids is 2. The first kappa shape index (κ1) is 30.4. The van der Waals surface area contributed by atoms with Gasteiger partial charge in [0.05, 0.1) is 17.6 Å². The number of aliphatic hydroxyl groups is 1. The van der Waals surface area contributed by atoms with Crippen LogP contribution in [0.3, 0.4) is 0 Å². The van der Waals surface area contributed by atoms with Gasteiger partial charge in [0.2, 0.25) is 11.8 Å². The molecule has 1 aliphatic carbocycles. The number of carbonyl (C=O) groups is 2. The molecule has 0 aliphatic heterocycles. The van der Waals surface area contributed by atoms with E-state index in [2.05, 4.69) is 12.2 Å². The van der Waals surface area contributed by atoms with Gasteiger partial charge < -0.3 is 21.1 Å². The maximum Gasteiger partial charge on any atom is 0.224 e. The molecular weight excluding hydrogens is 512 g/mol. The lowest BCUT2D eigenvalue weighted by atomic mass is 9.83. The van der Waals surface area contributed by atoms with E-state index in [0.29, 0.717) is 24.4 Å². The smallest absolute Gasteiger partial charge is 0.224 e. The van der Waals surface area contributed by atoms with Gasteiger partial charge in [0.15, 0.2) is 0 Å². The molecule has 4 N–H and O–H groups in total. The molecule has 4 rings (SSSR count). The number of nitrogens with zero attached hydrogens (tertiary/aromatic N) is 2. The maximum absolute atomic E-state index is 13.0. The number of aliphatic hydroxyl groups excluding tert-OH is 1. The van der Waals surface area contributed by atoms with Crippen LogP contribution in [-0.4, -0.2) is 46.5 Å². The zero-order valence-corrected chi connectivity index (χ0v) is 24.6. The summed E-state index contributed by atoms with van der Waals surface area (Å²) in [7, 11) is 1.87. The van der Waals surface area contributed by atoms with E-state index in [0.717, 1.165) is 66.5 Å². The Morgan fingerprint density at radius 1 is 1.02 bits per heavy atom. The lowest BCUT2D eigenvalue weighted by Gasteiger charge is -2.34. The molecule has 7 heteroatoms. The molecule has 7 nitrogen and oxygen atoms in total. The van der Waals surface area contributed by atoms with Crippen LogP contribution >= 0.6 is 0 Å². The molecule has 1 atom stereocenters. The van der Waals surface area contributed by atoms with Gasteiger partial charge in [0, 0.05) is 49.7 Å². The third-order valence-corrected chi connectivity index (χ3v) is 8.58. The van der Waals surface area contributed by atoms with Gasteiger partial charge in [-0.2, -0.15) is 0 Å². The second-order valence-corrected chi connectivity index (χ2v) is 11.5. The quantitative estimate of drug-likeness (QED) is 0.264. The first-order valence-electron chi connectivity index (χ1n) is 14.8. The van der Waals surface area contributed by atoms with E-state index in [4.69, 9.17) is 10.7 Å². The zero-order chi connectivity index (χ0) is 29.4. The fourth-order valence-corrected chi connectivity index (χ4v) is 6.09. The third-order valence-electron chi connectivity index (χ3n) is 8.58. The summed E-state index contributed by atoms with van der Waals surface area (Å²) in [6.07, 6.45) is 8.19. The molecular formula is C34H44N4O3. The lowest BCUT2D eigenvalue weighted by molar-refractivity contribution is -0.130. The number of anilines is 1. The van der Waals surface area contributed by atoms with Crippen molar-refractivity contribution >= 4 is 17.5 Å². The monoisotopic (exact) mass is 556 g/mol. The molecule has 0 saturated heterocycles. The molecule has 1 fully saturated rings. The van der Waals surface area contributed by atoms with Crippen molar-refractivity contribution in [1.29, 1.82) is 0 Å². The van der Waals surface area contributed by atoms with Crippen molar-refractivity contribution < 1.29 is 14.7 Å². The zero-order valence-electron chi connectivity index (χ0n) is 24.6. The number of nitrogens with two attached hydrogens (primary N) is 1. The van der Waals surface area contributed by atoms with Gasteiger partial charge in [-0.25, -0.2) is 0 Å². The standard InChI is InChI=1S/C34H44N4O3/c1-4-18-34(35,19-20-39)28-14-12-27(13-15-28)33-31(26-8-6-5-7-9-26)22-29(23-36-33)37-32(41)21-25-10-16-30(17-11-25)38(3)24(2)40/h5-9,12-15,22-23,25,30,39H,4,10-11,16-21,35H2,1-3H3,(H,37,41)/t25-,30-,34-/m1/s1. The number of hydrogen-bond donors (Lipinski definition) is 3. The van der Waals surface area contributed by atoms with Crippen molar-refractivity contribution in [3.05, 3.63) is 72.4 Å². The molecule has 1 heterocycles. The second-order valence-electron chi connectivity index (χ2n) is 11.5. The highest BCUT2D eigenvalue weighted by Gasteiger charge is 2.27. The van der Waals surface area contributed by atoms with Crippen LogP contribution in [0.2, 0.25) is 0 Å². The summed E-state index contributed by atoms with van der Waals surface area (Å²) in [6, 6.07) is 20.5. The Labute approximate surface area is 244 Å². The number of amides is 2. The van der Waals surface area contributed by atoms with Crippen molar-refractivity contribution in [3.63, 3.8) is 0 Å². The van der Waals surface area contributed by atoms with Crippen molar-refractivity contribution in [3.8, 4) is 22.4 Å². The molecule has 0 unspecified atom stereocenters. The van der Waals surface area contributed by atoms with Crippen molar-refractivity contribution in [2.75, 3.05) is 19.0 Å². The summed E-state index contributed by atoms with van der Waals surface area (Å²) in [5.74, 6) is 0.405. The molecule has 1 saturated carbocycles. The Balaban J connectivity index is 1.51. The van der Waals surface area contributed by atoms with Crippen LogP contribution in [0, 0.1) is 5.92 Å². The average Bonchev–Trinajstić information content (AvgIpc) is 2.98. The first-order valence-corrected chi connectivity index (χ1v) is 14.8. The van der Waals surface area contributed by atoms with Crippen LogP contribution in [0.4, 0.5) is 5.69 Å². The van der Waals surface area contributed by atoms with Gasteiger partial charge >= 0.3 is 0 Å². The molecule has 41 heavy (non-hydrogen) atoms. The highest BCUT2D eigenvalue weighted by atomic mass is 16.3. The van der Waals surface area contributed by atoms with Crippen LogP contribution in [0.15, 0.2) is 66.9 Å². The number of hydrogen-bond acceptors (Lipinski definition) is 5. The third kappa shape index (κ3) is 7.60. The Kier molecular flexibility index (Phi) is 10.3. The van der Waals surface area contributed by atoms with Crippen LogP contribution in [0.1, 0.15) is 70.8 Å². The fourth-order valence-electron chi connectivity index (χ4n) is 6.09. The number of benzene rings is 2. The lowest BCUT2D eigenvalue weighted by Crippen LogP contribution is -2.38. The van der Waals surface area contributed by atoms with Crippen molar-refractivity contribution in [1.82, 2.24) is 9.88 Å². The molecule has 3 aromatic rings. The molecule has 0 bridgehead atoms. The normalized spacial score (nSPS) is 18.4. The Morgan fingerprint density at radius 2 is 1.71 bits per heavy atom. The van der Waals surface area contributed by atoms with E-state index in [1.165, 1.54) is 0 Å². The highest BCUT2D eigenvalue weighted by Crippen LogP contribution is 2.35. The molecule has 0 radical (unpaired) electrons. The topological polar surface area (TPSA) is 109 Å². The van der Waals surface area contributed by atoms with Gasteiger partial charge in [-0.3, -0.25) is 14.6 Å². The van der Waals surface area contributed by atoms with E-state index >= 15 is 0 Å². The maximum atomic E-state index is 13.0. The van der Waals surface area contributed by atoms with E-state index < -0.39 is 5.54 Å². The predicted octanol–water partition coefficient (Wildman–Crippen LogP) is 6.12.